The van der Waals surface area contributed by atoms with Gasteiger partial charge in [-0.05, 0) is 29.8 Å². The molecule has 0 bridgehead atoms. The lowest BCUT2D eigenvalue weighted by atomic mass is 9.99. The van der Waals surface area contributed by atoms with Gasteiger partial charge in [0.2, 0.25) is 0 Å². The fourth-order valence-corrected chi connectivity index (χ4v) is 4.15. The van der Waals surface area contributed by atoms with Crippen LogP contribution in [0.1, 0.15) is 32.6 Å². The molecule has 2 N–H and O–H groups in total. The number of hydrogen-bond donors (Lipinski definition) is 2. The molecule has 1 aliphatic heterocycles. The summed E-state index contributed by atoms with van der Waals surface area (Å²) < 4.78 is 0. The number of nitrogens with zero attached hydrogens (tertiary/aromatic N) is 1. The highest BCUT2D eigenvalue weighted by Gasteiger charge is 2.19. The van der Waals surface area contributed by atoms with Crippen LogP contribution in [-0.2, 0) is 19.5 Å². The summed E-state index contributed by atoms with van der Waals surface area (Å²) in [5, 5.41) is 5.02. The number of amides is 1. The first kappa shape index (κ1) is 20.6. The number of halogens is 2. The Bertz CT molecular complexity index is 1080. The van der Waals surface area contributed by atoms with E-state index in [1.54, 1.807) is 18.2 Å². The number of quaternary nitrogens is 1. The van der Waals surface area contributed by atoms with Gasteiger partial charge in [0.05, 0.1) is 17.8 Å². The zero-order valence-corrected chi connectivity index (χ0v) is 17.9. The van der Waals surface area contributed by atoms with Gasteiger partial charge in [-0.25, -0.2) is 5.43 Å². The highest BCUT2D eigenvalue weighted by atomic mass is 35.5. The third-order valence-corrected chi connectivity index (χ3v) is 5.87. The third kappa shape index (κ3) is 5.08. The van der Waals surface area contributed by atoms with Crippen LogP contribution in [0, 0.1) is 0 Å². The largest absolute Gasteiger partial charge is 0.327 e. The van der Waals surface area contributed by atoms with E-state index >= 15 is 0 Å². The number of rotatable bonds is 5. The minimum absolute atomic E-state index is 0.262. The standard InChI is InChI=1S/C24H21Cl2N3O/c25-22-10-9-20(23(26)13-22)14-27-28-24(30)19-7-5-17(6-8-19)15-29-12-11-18-3-1-2-4-21(18)16-29/h1-10,13-14H,11-12,15-16H2,(H,28,30)/p+1/b27-14-. The average molecular weight is 439 g/mol. The molecule has 0 aliphatic carbocycles. The molecule has 1 atom stereocenters. The summed E-state index contributed by atoms with van der Waals surface area (Å²) in [7, 11) is 0. The van der Waals surface area contributed by atoms with Gasteiger partial charge in [-0.2, -0.15) is 5.10 Å². The van der Waals surface area contributed by atoms with E-state index in [-0.39, 0.29) is 5.91 Å². The summed E-state index contributed by atoms with van der Waals surface area (Å²) >= 11 is 12.0. The van der Waals surface area contributed by atoms with E-state index in [9.17, 15) is 4.79 Å². The molecule has 0 radical (unpaired) electrons. The van der Waals surface area contributed by atoms with Crippen LogP contribution in [0.4, 0.5) is 0 Å². The quantitative estimate of drug-likeness (QED) is 0.460. The van der Waals surface area contributed by atoms with Crippen LogP contribution in [0.2, 0.25) is 10.0 Å². The number of hydrazone groups is 1. The fourth-order valence-electron chi connectivity index (χ4n) is 3.69. The molecule has 152 valence electrons. The van der Waals surface area contributed by atoms with Gasteiger partial charge in [-0.3, -0.25) is 4.79 Å². The summed E-state index contributed by atoms with van der Waals surface area (Å²) in [6, 6.07) is 21.5. The number of carbonyl (C=O) groups is 1. The Morgan fingerprint density at radius 1 is 1.03 bits per heavy atom. The molecule has 4 nitrogen and oxygen atoms in total. The Morgan fingerprint density at radius 2 is 1.80 bits per heavy atom. The monoisotopic (exact) mass is 438 g/mol. The van der Waals surface area contributed by atoms with Crippen LogP contribution in [0.25, 0.3) is 0 Å². The molecular weight excluding hydrogens is 417 g/mol. The van der Waals surface area contributed by atoms with Crippen molar-refractivity contribution in [2.24, 2.45) is 5.10 Å². The predicted molar refractivity (Wildman–Crippen MR) is 121 cm³/mol. The van der Waals surface area contributed by atoms with Crippen LogP contribution in [0.3, 0.4) is 0 Å². The van der Waals surface area contributed by atoms with E-state index in [0.29, 0.717) is 21.2 Å². The molecule has 0 saturated heterocycles. The summed E-state index contributed by atoms with van der Waals surface area (Å²) in [5.41, 5.74) is 7.91. The summed E-state index contributed by atoms with van der Waals surface area (Å²) in [5.74, 6) is -0.262. The Hall–Kier alpha value is -2.66. The van der Waals surface area contributed by atoms with Gasteiger partial charge >= 0.3 is 0 Å². The third-order valence-electron chi connectivity index (χ3n) is 5.31. The molecule has 3 aromatic carbocycles. The van der Waals surface area contributed by atoms with Gasteiger partial charge in [-0.15, -0.1) is 0 Å². The minimum Gasteiger partial charge on any atom is -0.327 e. The second-order valence-electron chi connectivity index (χ2n) is 7.43. The molecule has 1 aliphatic rings. The van der Waals surface area contributed by atoms with Crippen molar-refractivity contribution in [2.75, 3.05) is 6.54 Å². The van der Waals surface area contributed by atoms with Gasteiger partial charge in [0, 0.05) is 33.7 Å². The Balaban J connectivity index is 1.33. The van der Waals surface area contributed by atoms with E-state index < -0.39 is 0 Å². The molecule has 6 heteroatoms. The first-order valence-corrected chi connectivity index (χ1v) is 10.6. The molecule has 0 aromatic heterocycles. The van der Waals surface area contributed by atoms with E-state index in [2.05, 4.69) is 34.8 Å². The lowest BCUT2D eigenvalue weighted by molar-refractivity contribution is -0.929. The van der Waals surface area contributed by atoms with Crippen LogP contribution < -0.4 is 10.3 Å². The summed E-state index contributed by atoms with van der Waals surface area (Å²) in [4.78, 5) is 13.9. The van der Waals surface area contributed by atoms with Crippen LogP contribution >= 0.6 is 23.2 Å². The van der Waals surface area contributed by atoms with Crippen molar-refractivity contribution in [3.63, 3.8) is 0 Å². The molecule has 4 rings (SSSR count). The van der Waals surface area contributed by atoms with Crippen molar-refractivity contribution >= 4 is 35.3 Å². The predicted octanol–water partition coefficient (Wildman–Crippen LogP) is 3.90. The molecule has 0 fully saturated rings. The Labute approximate surface area is 186 Å². The van der Waals surface area contributed by atoms with Crippen molar-refractivity contribution in [2.45, 2.75) is 19.5 Å². The second-order valence-corrected chi connectivity index (χ2v) is 8.28. The Morgan fingerprint density at radius 3 is 2.57 bits per heavy atom. The SMILES string of the molecule is O=C(N/N=C\c1ccc(Cl)cc1Cl)c1ccc(C[NH+]2CCc3ccccc3C2)cc1. The van der Waals surface area contributed by atoms with Crippen molar-refractivity contribution in [3.05, 3.63) is 105 Å². The van der Waals surface area contributed by atoms with E-state index in [4.69, 9.17) is 23.2 Å². The topological polar surface area (TPSA) is 45.9 Å². The Kier molecular flexibility index (Phi) is 6.48. The van der Waals surface area contributed by atoms with Gasteiger partial charge in [0.1, 0.15) is 13.1 Å². The lowest BCUT2D eigenvalue weighted by Crippen LogP contribution is -3.10. The number of hydrogen-bond acceptors (Lipinski definition) is 2. The zero-order valence-electron chi connectivity index (χ0n) is 16.4. The normalized spacial score (nSPS) is 15.7. The number of nitrogens with one attached hydrogen (secondary N) is 2. The van der Waals surface area contributed by atoms with Crippen LogP contribution in [0.5, 0.6) is 0 Å². The number of benzene rings is 3. The highest BCUT2D eigenvalue weighted by molar-refractivity contribution is 6.36. The van der Waals surface area contributed by atoms with E-state index in [1.165, 1.54) is 27.8 Å². The summed E-state index contributed by atoms with van der Waals surface area (Å²) in [6.45, 7) is 3.12. The molecule has 1 heterocycles. The zero-order chi connectivity index (χ0) is 20.9. The second kappa shape index (κ2) is 9.43. The van der Waals surface area contributed by atoms with Crippen LogP contribution in [0.15, 0.2) is 71.8 Å². The molecule has 1 amide bonds. The molecule has 3 aromatic rings. The van der Waals surface area contributed by atoms with Gasteiger partial charge in [-0.1, -0.05) is 65.7 Å². The maximum absolute atomic E-state index is 12.3. The van der Waals surface area contributed by atoms with E-state index in [0.717, 1.165) is 26.1 Å². The van der Waals surface area contributed by atoms with Gasteiger partial charge in [0.15, 0.2) is 0 Å². The minimum atomic E-state index is -0.262. The van der Waals surface area contributed by atoms with Crippen molar-refractivity contribution in [1.82, 2.24) is 5.43 Å². The first-order chi connectivity index (χ1) is 14.6. The maximum Gasteiger partial charge on any atom is 0.271 e. The number of fused-ring (bicyclic) bond motifs is 1. The summed E-state index contributed by atoms with van der Waals surface area (Å²) in [6.07, 6.45) is 2.62. The first-order valence-electron chi connectivity index (χ1n) is 9.86. The van der Waals surface area contributed by atoms with Crippen molar-refractivity contribution in [1.29, 1.82) is 0 Å². The molecule has 30 heavy (non-hydrogen) atoms. The fraction of sp³-hybridized carbons (Fsp3) is 0.167. The lowest BCUT2D eigenvalue weighted by Gasteiger charge is -2.26. The van der Waals surface area contributed by atoms with Crippen molar-refractivity contribution in [3.8, 4) is 0 Å². The smallest absolute Gasteiger partial charge is 0.271 e. The molecule has 0 spiro atoms. The average Bonchev–Trinajstić information content (AvgIpc) is 2.75. The molecule has 1 unspecified atom stereocenters. The van der Waals surface area contributed by atoms with Crippen LogP contribution in [-0.4, -0.2) is 18.7 Å². The molecular formula is C24H22Cl2N3O+. The van der Waals surface area contributed by atoms with Crippen molar-refractivity contribution < 1.29 is 9.69 Å². The van der Waals surface area contributed by atoms with Gasteiger partial charge < -0.3 is 4.90 Å². The highest BCUT2D eigenvalue weighted by Crippen LogP contribution is 2.19. The molecule has 0 saturated carbocycles. The van der Waals surface area contributed by atoms with E-state index in [1.807, 2.05) is 24.3 Å². The number of carbonyl (C=O) groups excluding carboxylic acids is 1. The van der Waals surface area contributed by atoms with Gasteiger partial charge in [0.25, 0.3) is 5.91 Å². The maximum atomic E-state index is 12.3.